The lowest BCUT2D eigenvalue weighted by Gasteiger charge is -2.39. The first-order valence-corrected chi connectivity index (χ1v) is 6.63. The van der Waals surface area contributed by atoms with Crippen molar-refractivity contribution in [3.63, 3.8) is 0 Å². The van der Waals surface area contributed by atoms with Gasteiger partial charge in [0, 0.05) is 31.8 Å². The summed E-state index contributed by atoms with van der Waals surface area (Å²) in [4.78, 5) is 26.3. The molecule has 0 bridgehead atoms. The second-order valence-corrected chi connectivity index (χ2v) is 5.41. The molecule has 0 aromatic carbocycles. The Morgan fingerprint density at radius 1 is 1.16 bits per heavy atom. The molecular formula is C13H26N2O4. The second-order valence-electron chi connectivity index (χ2n) is 5.41. The van der Waals surface area contributed by atoms with Crippen molar-refractivity contribution < 1.29 is 19.8 Å². The first-order chi connectivity index (χ1) is 8.73. The van der Waals surface area contributed by atoms with Gasteiger partial charge in [0.1, 0.15) is 0 Å². The number of amides is 2. The molecule has 19 heavy (non-hydrogen) atoms. The van der Waals surface area contributed by atoms with Crippen LogP contribution in [0.4, 0.5) is 4.79 Å². The molecule has 0 aromatic heterocycles. The molecule has 0 aliphatic rings. The molecule has 2 N–H and O–H groups in total. The Hall–Kier alpha value is -1.30. The van der Waals surface area contributed by atoms with Gasteiger partial charge in [-0.2, -0.15) is 0 Å². The largest absolute Gasteiger partial charge is 0.481 e. The van der Waals surface area contributed by atoms with Gasteiger partial charge < -0.3 is 20.0 Å². The number of aliphatic hydroxyl groups excluding tert-OH is 1. The van der Waals surface area contributed by atoms with Crippen molar-refractivity contribution in [1.82, 2.24) is 9.80 Å². The Morgan fingerprint density at radius 2 is 1.74 bits per heavy atom. The van der Waals surface area contributed by atoms with Crippen LogP contribution in [0.15, 0.2) is 0 Å². The summed E-state index contributed by atoms with van der Waals surface area (Å²) in [5.74, 6) is -0.916. The number of rotatable bonds is 7. The Kier molecular flexibility index (Phi) is 7.44. The molecule has 0 atom stereocenters. The van der Waals surface area contributed by atoms with Crippen molar-refractivity contribution in [3.05, 3.63) is 0 Å². The second kappa shape index (κ2) is 7.99. The highest BCUT2D eigenvalue weighted by Crippen LogP contribution is 2.16. The molecule has 0 spiro atoms. The molecule has 0 unspecified atom stereocenters. The van der Waals surface area contributed by atoms with Crippen LogP contribution in [-0.4, -0.2) is 63.8 Å². The van der Waals surface area contributed by atoms with Gasteiger partial charge in [0.2, 0.25) is 0 Å². The summed E-state index contributed by atoms with van der Waals surface area (Å²) in [6.45, 7) is 8.75. The monoisotopic (exact) mass is 274 g/mol. The molecule has 0 rings (SSSR count). The Balaban J connectivity index is 4.81. The van der Waals surface area contributed by atoms with Gasteiger partial charge in [-0.15, -0.1) is 0 Å². The van der Waals surface area contributed by atoms with Crippen molar-refractivity contribution in [2.45, 2.75) is 46.1 Å². The number of carboxylic acid groups (broad SMARTS) is 1. The van der Waals surface area contributed by atoms with E-state index in [1.54, 1.807) is 9.80 Å². The quantitative estimate of drug-likeness (QED) is 0.735. The number of urea groups is 1. The molecule has 0 aromatic rings. The van der Waals surface area contributed by atoms with E-state index in [0.29, 0.717) is 19.5 Å². The lowest BCUT2D eigenvalue weighted by molar-refractivity contribution is -0.137. The summed E-state index contributed by atoms with van der Waals surface area (Å²) in [5.41, 5.74) is -0.431. The van der Waals surface area contributed by atoms with Gasteiger partial charge in [0.05, 0.1) is 6.42 Å². The average Bonchev–Trinajstić information content (AvgIpc) is 2.28. The predicted molar refractivity (Wildman–Crippen MR) is 73.1 cm³/mol. The summed E-state index contributed by atoms with van der Waals surface area (Å²) in [5, 5.41) is 17.6. The minimum atomic E-state index is -0.916. The van der Waals surface area contributed by atoms with E-state index in [4.69, 9.17) is 10.2 Å². The predicted octanol–water partition coefficient (Wildman–Crippen LogP) is 1.39. The van der Waals surface area contributed by atoms with Crippen LogP contribution in [0.3, 0.4) is 0 Å². The van der Waals surface area contributed by atoms with E-state index in [1.807, 2.05) is 27.7 Å². The maximum absolute atomic E-state index is 12.4. The van der Waals surface area contributed by atoms with Crippen molar-refractivity contribution in [2.75, 3.05) is 26.2 Å². The van der Waals surface area contributed by atoms with Crippen molar-refractivity contribution >= 4 is 12.0 Å². The summed E-state index contributed by atoms with van der Waals surface area (Å²) < 4.78 is 0. The molecular weight excluding hydrogens is 248 g/mol. The van der Waals surface area contributed by atoms with Crippen LogP contribution in [0.25, 0.3) is 0 Å². The highest BCUT2D eigenvalue weighted by atomic mass is 16.4. The Morgan fingerprint density at radius 3 is 2.11 bits per heavy atom. The zero-order valence-electron chi connectivity index (χ0n) is 12.3. The van der Waals surface area contributed by atoms with Crippen LogP contribution < -0.4 is 0 Å². The van der Waals surface area contributed by atoms with E-state index in [0.717, 1.165) is 0 Å². The maximum Gasteiger partial charge on any atom is 0.320 e. The van der Waals surface area contributed by atoms with Crippen LogP contribution in [0.5, 0.6) is 0 Å². The summed E-state index contributed by atoms with van der Waals surface area (Å²) in [7, 11) is 0. The molecule has 0 saturated heterocycles. The molecule has 0 radical (unpaired) electrons. The van der Waals surface area contributed by atoms with Crippen molar-refractivity contribution in [3.8, 4) is 0 Å². The number of hydrogen-bond donors (Lipinski definition) is 2. The number of aliphatic carboxylic acids is 1. The number of carbonyl (C=O) groups excluding carboxylic acids is 1. The van der Waals surface area contributed by atoms with Gasteiger partial charge in [0.25, 0.3) is 0 Å². The molecule has 0 aliphatic carbocycles. The van der Waals surface area contributed by atoms with Crippen LogP contribution in [0.1, 0.15) is 40.5 Å². The molecule has 0 fully saturated rings. The summed E-state index contributed by atoms with van der Waals surface area (Å²) >= 11 is 0. The maximum atomic E-state index is 12.4. The fourth-order valence-electron chi connectivity index (χ4n) is 1.75. The van der Waals surface area contributed by atoms with Crippen molar-refractivity contribution in [2.24, 2.45) is 0 Å². The average molecular weight is 274 g/mol. The van der Waals surface area contributed by atoms with E-state index in [9.17, 15) is 9.59 Å². The third-order valence-corrected chi connectivity index (χ3v) is 2.83. The zero-order valence-corrected chi connectivity index (χ0v) is 12.3. The molecule has 0 aliphatic heterocycles. The Bertz CT molecular complexity index is 300. The third kappa shape index (κ3) is 6.42. The first-order valence-electron chi connectivity index (χ1n) is 6.63. The lowest BCUT2D eigenvalue weighted by atomic mass is 10.1. The highest BCUT2D eigenvalue weighted by molar-refractivity contribution is 5.76. The number of hydrogen-bond acceptors (Lipinski definition) is 3. The SMILES string of the molecule is CCN(CCCO)C(=O)N(CCC(=O)O)C(C)(C)C. The minimum absolute atomic E-state index is 0.0361. The van der Waals surface area contributed by atoms with Gasteiger partial charge in [-0.1, -0.05) is 0 Å². The van der Waals surface area contributed by atoms with Gasteiger partial charge in [-0.05, 0) is 34.1 Å². The summed E-state index contributed by atoms with van der Waals surface area (Å²) in [6.07, 6.45) is 0.455. The van der Waals surface area contributed by atoms with Gasteiger partial charge in [0.15, 0.2) is 0 Å². The molecule has 2 amide bonds. The standard InChI is InChI=1S/C13H26N2O4/c1-5-14(8-6-10-16)12(19)15(13(2,3)4)9-7-11(17)18/h16H,5-10H2,1-4H3,(H,17,18). The number of nitrogens with zero attached hydrogens (tertiary/aromatic N) is 2. The van der Waals surface area contributed by atoms with Crippen LogP contribution in [-0.2, 0) is 4.79 Å². The van der Waals surface area contributed by atoms with E-state index in [2.05, 4.69) is 0 Å². The molecule has 6 nitrogen and oxygen atoms in total. The van der Waals surface area contributed by atoms with Crippen LogP contribution >= 0.6 is 0 Å². The van der Waals surface area contributed by atoms with Gasteiger partial charge in [-0.25, -0.2) is 4.79 Å². The number of carbonyl (C=O) groups is 2. The molecule has 0 heterocycles. The number of aliphatic hydroxyl groups is 1. The minimum Gasteiger partial charge on any atom is -0.481 e. The van der Waals surface area contributed by atoms with E-state index >= 15 is 0 Å². The smallest absolute Gasteiger partial charge is 0.320 e. The van der Waals surface area contributed by atoms with Crippen LogP contribution in [0.2, 0.25) is 0 Å². The normalized spacial score (nSPS) is 11.2. The van der Waals surface area contributed by atoms with E-state index in [1.165, 1.54) is 0 Å². The molecule has 0 saturated carbocycles. The summed E-state index contributed by atoms with van der Waals surface area (Å²) in [6, 6.07) is -0.176. The zero-order chi connectivity index (χ0) is 15.1. The lowest BCUT2D eigenvalue weighted by Crippen LogP contribution is -2.52. The van der Waals surface area contributed by atoms with E-state index in [-0.39, 0.29) is 25.6 Å². The Labute approximate surface area is 115 Å². The highest BCUT2D eigenvalue weighted by Gasteiger charge is 2.29. The van der Waals surface area contributed by atoms with Crippen molar-refractivity contribution in [1.29, 1.82) is 0 Å². The van der Waals surface area contributed by atoms with Gasteiger partial charge in [-0.3, -0.25) is 4.79 Å². The molecule has 112 valence electrons. The van der Waals surface area contributed by atoms with Gasteiger partial charge >= 0.3 is 12.0 Å². The molecule has 6 heteroatoms. The topological polar surface area (TPSA) is 81.1 Å². The van der Waals surface area contributed by atoms with E-state index < -0.39 is 11.5 Å². The fourth-order valence-corrected chi connectivity index (χ4v) is 1.75. The first kappa shape index (κ1) is 17.7. The van der Waals surface area contributed by atoms with Crippen LogP contribution in [0, 0.1) is 0 Å². The fraction of sp³-hybridized carbons (Fsp3) is 0.846. The third-order valence-electron chi connectivity index (χ3n) is 2.83. The number of carboxylic acids is 1.